The number of hydrogen-bond donors (Lipinski definition) is 1. The largest absolute Gasteiger partial charge is 0.497 e. The van der Waals surface area contributed by atoms with E-state index < -0.39 is 5.25 Å². The molecule has 1 amide bonds. The van der Waals surface area contributed by atoms with Gasteiger partial charge < -0.3 is 14.5 Å². The average Bonchev–Trinajstić information content (AvgIpc) is 3.48. The van der Waals surface area contributed by atoms with Gasteiger partial charge in [0.2, 0.25) is 5.91 Å². The number of hydrogen-bond acceptors (Lipinski definition) is 6. The van der Waals surface area contributed by atoms with Crippen molar-refractivity contribution in [1.29, 1.82) is 0 Å². The van der Waals surface area contributed by atoms with Gasteiger partial charge in [0.25, 0.3) is 0 Å². The van der Waals surface area contributed by atoms with Crippen molar-refractivity contribution in [2.75, 3.05) is 12.4 Å². The van der Waals surface area contributed by atoms with E-state index in [1.54, 1.807) is 19.4 Å². The Kier molecular flexibility index (Phi) is 7.14. The second-order valence-corrected chi connectivity index (χ2v) is 8.99. The summed E-state index contributed by atoms with van der Waals surface area (Å²) in [4.78, 5) is 13.4. The first-order valence-electron chi connectivity index (χ1n) is 10.7. The minimum atomic E-state index is -0.531. The molecule has 1 atom stereocenters. The lowest BCUT2D eigenvalue weighted by molar-refractivity contribution is -0.115. The van der Waals surface area contributed by atoms with Crippen LogP contribution in [0.15, 0.2) is 82.6 Å². The maximum absolute atomic E-state index is 13.4. The van der Waals surface area contributed by atoms with E-state index in [9.17, 15) is 4.79 Å². The Morgan fingerprint density at radius 3 is 2.61 bits per heavy atom. The quantitative estimate of drug-likeness (QED) is 0.323. The molecule has 7 nitrogen and oxygen atoms in total. The van der Waals surface area contributed by atoms with Gasteiger partial charge in [-0.25, -0.2) is 0 Å². The number of amides is 1. The van der Waals surface area contributed by atoms with Crippen molar-refractivity contribution in [3.05, 3.63) is 78.6 Å². The zero-order valence-electron chi connectivity index (χ0n) is 18.8. The molecule has 170 valence electrons. The molecule has 0 fully saturated rings. The Morgan fingerprint density at radius 2 is 1.91 bits per heavy atom. The second-order valence-electron chi connectivity index (χ2n) is 7.92. The molecular formula is C25H26N4O3S. The molecule has 8 heteroatoms. The number of aromatic nitrogens is 3. The van der Waals surface area contributed by atoms with Crippen LogP contribution in [-0.2, 0) is 11.3 Å². The van der Waals surface area contributed by atoms with Gasteiger partial charge in [0.1, 0.15) is 11.0 Å². The normalized spacial score (nSPS) is 12.0. The smallest absolute Gasteiger partial charge is 0.242 e. The van der Waals surface area contributed by atoms with Gasteiger partial charge in [0.15, 0.2) is 16.7 Å². The highest BCUT2D eigenvalue weighted by molar-refractivity contribution is 8.00. The SMILES string of the molecule is COc1cccc(NC(=O)C(Sc2nnc(-c3ccco3)n2CC(C)C)c2ccccc2)c1. The van der Waals surface area contributed by atoms with Crippen LogP contribution in [0.1, 0.15) is 24.7 Å². The van der Waals surface area contributed by atoms with E-state index in [4.69, 9.17) is 9.15 Å². The summed E-state index contributed by atoms with van der Waals surface area (Å²) in [5, 5.41) is 11.9. The summed E-state index contributed by atoms with van der Waals surface area (Å²) in [6, 6.07) is 20.7. The van der Waals surface area contributed by atoms with Crippen molar-refractivity contribution in [2.24, 2.45) is 5.92 Å². The standard InChI is InChI=1S/C25H26N4O3S/c1-17(2)16-29-23(21-13-8-14-32-21)27-28-25(29)33-22(18-9-5-4-6-10-18)24(30)26-19-11-7-12-20(15-19)31-3/h4-15,17,22H,16H2,1-3H3,(H,26,30). The fourth-order valence-electron chi connectivity index (χ4n) is 3.41. The number of methoxy groups -OCH3 is 1. The minimum absolute atomic E-state index is 0.155. The minimum Gasteiger partial charge on any atom is -0.497 e. The lowest BCUT2D eigenvalue weighted by atomic mass is 10.1. The van der Waals surface area contributed by atoms with Crippen molar-refractivity contribution in [3.63, 3.8) is 0 Å². The molecule has 0 aliphatic heterocycles. The van der Waals surface area contributed by atoms with Gasteiger partial charge in [0.05, 0.1) is 13.4 Å². The molecule has 0 saturated carbocycles. The molecule has 1 unspecified atom stereocenters. The van der Waals surface area contributed by atoms with Gasteiger partial charge in [-0.3, -0.25) is 9.36 Å². The van der Waals surface area contributed by atoms with E-state index in [1.165, 1.54) is 11.8 Å². The van der Waals surface area contributed by atoms with Gasteiger partial charge in [-0.15, -0.1) is 10.2 Å². The first-order chi connectivity index (χ1) is 16.0. The number of rotatable bonds is 9. The number of nitrogens with zero attached hydrogens (tertiary/aromatic N) is 3. The van der Waals surface area contributed by atoms with Crippen LogP contribution in [-0.4, -0.2) is 27.8 Å². The van der Waals surface area contributed by atoms with E-state index in [0.29, 0.717) is 40.6 Å². The summed E-state index contributed by atoms with van der Waals surface area (Å²) >= 11 is 1.37. The fraction of sp³-hybridized carbons (Fsp3) is 0.240. The molecule has 0 spiro atoms. The zero-order valence-corrected chi connectivity index (χ0v) is 19.6. The third-order valence-corrected chi connectivity index (χ3v) is 6.14. The zero-order chi connectivity index (χ0) is 23.2. The highest BCUT2D eigenvalue weighted by atomic mass is 32.2. The van der Waals surface area contributed by atoms with Crippen LogP contribution >= 0.6 is 11.8 Å². The van der Waals surface area contributed by atoms with Crippen LogP contribution in [0.2, 0.25) is 0 Å². The maximum Gasteiger partial charge on any atom is 0.242 e. The number of carbonyl (C=O) groups excluding carboxylic acids is 1. The van der Waals surface area contributed by atoms with Crippen LogP contribution in [0, 0.1) is 5.92 Å². The van der Waals surface area contributed by atoms with Crippen LogP contribution in [0.5, 0.6) is 5.75 Å². The van der Waals surface area contributed by atoms with Crippen LogP contribution in [0.25, 0.3) is 11.6 Å². The summed E-state index contributed by atoms with van der Waals surface area (Å²) < 4.78 is 12.9. The predicted octanol–water partition coefficient (Wildman–Crippen LogP) is 5.67. The molecule has 2 heterocycles. The maximum atomic E-state index is 13.4. The van der Waals surface area contributed by atoms with E-state index in [1.807, 2.05) is 65.2 Å². The molecule has 2 aromatic heterocycles. The van der Waals surface area contributed by atoms with E-state index in [2.05, 4.69) is 29.4 Å². The Balaban J connectivity index is 1.67. The molecule has 1 N–H and O–H groups in total. The summed E-state index contributed by atoms with van der Waals surface area (Å²) in [7, 11) is 1.60. The highest BCUT2D eigenvalue weighted by Gasteiger charge is 2.27. The molecule has 4 aromatic rings. The van der Waals surface area contributed by atoms with Crippen molar-refractivity contribution >= 4 is 23.4 Å². The Morgan fingerprint density at radius 1 is 1.09 bits per heavy atom. The number of benzene rings is 2. The first-order valence-corrected chi connectivity index (χ1v) is 11.6. The summed E-state index contributed by atoms with van der Waals surface area (Å²) in [5.74, 6) is 2.17. The topological polar surface area (TPSA) is 82.2 Å². The van der Waals surface area contributed by atoms with Gasteiger partial charge in [-0.2, -0.15) is 0 Å². The van der Waals surface area contributed by atoms with Gasteiger partial charge in [-0.1, -0.05) is 62.0 Å². The highest BCUT2D eigenvalue weighted by Crippen LogP contribution is 2.37. The van der Waals surface area contributed by atoms with Crippen LogP contribution in [0.4, 0.5) is 5.69 Å². The fourth-order valence-corrected chi connectivity index (χ4v) is 4.45. The molecular weight excluding hydrogens is 436 g/mol. The number of carbonyl (C=O) groups is 1. The van der Waals surface area contributed by atoms with E-state index in [-0.39, 0.29) is 5.91 Å². The summed E-state index contributed by atoms with van der Waals surface area (Å²) in [5.41, 5.74) is 1.54. The lowest BCUT2D eigenvalue weighted by Gasteiger charge is -2.18. The molecule has 0 radical (unpaired) electrons. The van der Waals surface area contributed by atoms with Gasteiger partial charge in [-0.05, 0) is 35.7 Å². The third-order valence-electron chi connectivity index (χ3n) is 4.91. The van der Waals surface area contributed by atoms with E-state index in [0.717, 1.165) is 5.56 Å². The van der Waals surface area contributed by atoms with Crippen molar-refractivity contribution in [3.8, 4) is 17.3 Å². The summed E-state index contributed by atoms with van der Waals surface area (Å²) in [6.07, 6.45) is 1.62. The molecule has 0 aliphatic rings. The molecule has 0 aliphatic carbocycles. The van der Waals surface area contributed by atoms with Crippen molar-refractivity contribution < 1.29 is 13.9 Å². The summed E-state index contributed by atoms with van der Waals surface area (Å²) in [6.45, 7) is 4.96. The molecule has 33 heavy (non-hydrogen) atoms. The molecule has 0 saturated heterocycles. The molecule has 0 bridgehead atoms. The van der Waals surface area contributed by atoms with Crippen LogP contribution in [0.3, 0.4) is 0 Å². The molecule has 4 rings (SSSR count). The Hall–Kier alpha value is -3.52. The van der Waals surface area contributed by atoms with Crippen LogP contribution < -0.4 is 10.1 Å². The predicted molar refractivity (Wildman–Crippen MR) is 129 cm³/mol. The average molecular weight is 463 g/mol. The number of ether oxygens (including phenoxy) is 1. The Labute approximate surface area is 197 Å². The third kappa shape index (κ3) is 5.46. The van der Waals surface area contributed by atoms with E-state index >= 15 is 0 Å². The van der Waals surface area contributed by atoms with Crippen molar-refractivity contribution in [1.82, 2.24) is 14.8 Å². The van der Waals surface area contributed by atoms with Gasteiger partial charge >= 0.3 is 0 Å². The monoisotopic (exact) mass is 462 g/mol. The number of anilines is 1. The first kappa shape index (κ1) is 22.7. The van der Waals surface area contributed by atoms with Crippen molar-refractivity contribution in [2.45, 2.75) is 30.8 Å². The number of furan rings is 1. The van der Waals surface area contributed by atoms with Gasteiger partial charge in [0, 0.05) is 18.3 Å². The molecule has 2 aromatic carbocycles. The second kappa shape index (κ2) is 10.4. The Bertz CT molecular complexity index is 1190. The number of thioether (sulfide) groups is 1. The number of nitrogens with one attached hydrogen (secondary N) is 1. The lowest BCUT2D eigenvalue weighted by Crippen LogP contribution is -2.20.